The van der Waals surface area contributed by atoms with Crippen molar-refractivity contribution in [1.29, 1.82) is 0 Å². The highest BCUT2D eigenvalue weighted by molar-refractivity contribution is 9.10. The Labute approximate surface area is 114 Å². The standard InChI is InChI=1S/C11H13BrN2O3S/c1-7-4-8(2-3-10(7)12)14-6-9(5-11(14)15)18(13,16)17/h2-4,9H,5-6H2,1H3,(H2,13,16,17). The summed E-state index contributed by atoms with van der Waals surface area (Å²) >= 11 is 3.38. The number of rotatable bonds is 2. The lowest BCUT2D eigenvalue weighted by Gasteiger charge is -2.17. The maximum Gasteiger partial charge on any atom is 0.228 e. The summed E-state index contributed by atoms with van der Waals surface area (Å²) in [5, 5.41) is 4.27. The molecule has 7 heteroatoms. The van der Waals surface area contributed by atoms with Crippen LogP contribution in [0.3, 0.4) is 0 Å². The van der Waals surface area contributed by atoms with E-state index in [1.54, 1.807) is 6.07 Å². The SMILES string of the molecule is Cc1cc(N2CC(S(N)(=O)=O)CC2=O)ccc1Br. The van der Waals surface area contributed by atoms with Gasteiger partial charge in [0.2, 0.25) is 15.9 Å². The van der Waals surface area contributed by atoms with Crippen molar-refractivity contribution >= 4 is 37.5 Å². The number of carbonyl (C=O) groups is 1. The molecular weight excluding hydrogens is 320 g/mol. The summed E-state index contributed by atoms with van der Waals surface area (Å²) in [7, 11) is -3.67. The van der Waals surface area contributed by atoms with Crippen LogP contribution < -0.4 is 10.0 Å². The normalized spacial score (nSPS) is 20.5. The molecular formula is C11H13BrN2O3S. The summed E-state index contributed by atoms with van der Waals surface area (Å²) in [6.45, 7) is 2.03. The second-order valence-corrected chi connectivity index (χ2v) is 7.05. The Hall–Kier alpha value is -0.920. The number of carbonyl (C=O) groups excluding carboxylic acids is 1. The third kappa shape index (κ3) is 2.57. The van der Waals surface area contributed by atoms with Crippen molar-refractivity contribution < 1.29 is 13.2 Å². The second-order valence-electron chi connectivity index (χ2n) is 4.35. The first kappa shape index (κ1) is 13.5. The fourth-order valence-electron chi connectivity index (χ4n) is 1.94. The Morgan fingerprint density at radius 3 is 2.61 bits per heavy atom. The predicted octanol–water partition coefficient (Wildman–Crippen LogP) is 1.15. The van der Waals surface area contributed by atoms with Crippen molar-refractivity contribution in [2.45, 2.75) is 18.6 Å². The highest BCUT2D eigenvalue weighted by atomic mass is 79.9. The van der Waals surface area contributed by atoms with Gasteiger partial charge in [-0.05, 0) is 30.7 Å². The summed E-state index contributed by atoms with van der Waals surface area (Å²) in [6, 6.07) is 5.45. The molecule has 18 heavy (non-hydrogen) atoms. The molecule has 5 nitrogen and oxygen atoms in total. The number of amides is 1. The molecule has 2 N–H and O–H groups in total. The fourth-order valence-corrected chi connectivity index (χ4v) is 2.92. The van der Waals surface area contributed by atoms with Crippen LogP contribution >= 0.6 is 15.9 Å². The Morgan fingerprint density at radius 1 is 1.44 bits per heavy atom. The van der Waals surface area contributed by atoms with Gasteiger partial charge in [-0.1, -0.05) is 15.9 Å². The van der Waals surface area contributed by atoms with Crippen LogP contribution in [0, 0.1) is 6.92 Å². The topological polar surface area (TPSA) is 80.5 Å². The van der Waals surface area contributed by atoms with Crippen LogP contribution in [0.5, 0.6) is 0 Å². The molecule has 1 saturated heterocycles. The summed E-state index contributed by atoms with van der Waals surface area (Å²) in [6.07, 6.45) is -0.0477. The highest BCUT2D eigenvalue weighted by Crippen LogP contribution is 2.27. The Kier molecular flexibility index (Phi) is 3.48. The van der Waals surface area contributed by atoms with Crippen molar-refractivity contribution in [3.63, 3.8) is 0 Å². The summed E-state index contributed by atoms with van der Waals surface area (Å²) < 4.78 is 23.5. The van der Waals surface area contributed by atoms with Gasteiger partial charge in [-0.2, -0.15) is 0 Å². The molecule has 1 atom stereocenters. The molecule has 98 valence electrons. The largest absolute Gasteiger partial charge is 0.311 e. The number of primary sulfonamides is 1. The number of anilines is 1. The summed E-state index contributed by atoms with van der Waals surface area (Å²) in [5.74, 6) is -0.212. The molecule has 1 aromatic rings. The molecule has 0 bridgehead atoms. The van der Waals surface area contributed by atoms with E-state index in [9.17, 15) is 13.2 Å². The molecule has 0 aromatic heterocycles. The van der Waals surface area contributed by atoms with Crippen LogP contribution in [-0.4, -0.2) is 26.1 Å². The summed E-state index contributed by atoms with van der Waals surface area (Å²) in [4.78, 5) is 13.3. The lowest BCUT2D eigenvalue weighted by atomic mass is 10.2. The Balaban J connectivity index is 2.30. The highest BCUT2D eigenvalue weighted by Gasteiger charge is 2.37. The van der Waals surface area contributed by atoms with E-state index in [4.69, 9.17) is 5.14 Å². The number of benzene rings is 1. The van der Waals surface area contributed by atoms with Gasteiger partial charge in [0, 0.05) is 23.1 Å². The first-order valence-corrected chi connectivity index (χ1v) is 7.77. The van der Waals surface area contributed by atoms with Gasteiger partial charge < -0.3 is 4.90 Å². The van der Waals surface area contributed by atoms with E-state index in [0.29, 0.717) is 5.69 Å². The number of hydrogen-bond acceptors (Lipinski definition) is 3. The van der Waals surface area contributed by atoms with Crippen LogP contribution in [0.25, 0.3) is 0 Å². The van der Waals surface area contributed by atoms with Gasteiger partial charge in [0.25, 0.3) is 0 Å². The average Bonchev–Trinajstić information content (AvgIpc) is 2.64. The Morgan fingerprint density at radius 2 is 2.11 bits per heavy atom. The molecule has 0 radical (unpaired) electrons. The lowest BCUT2D eigenvalue weighted by Crippen LogP contribution is -2.32. The smallest absolute Gasteiger partial charge is 0.228 e. The zero-order chi connectivity index (χ0) is 13.5. The van der Waals surface area contributed by atoms with Crippen LogP contribution in [0.2, 0.25) is 0 Å². The molecule has 0 aliphatic carbocycles. The first-order valence-electron chi connectivity index (χ1n) is 5.37. The number of nitrogens with zero attached hydrogens (tertiary/aromatic N) is 1. The minimum absolute atomic E-state index is 0.0477. The maximum atomic E-state index is 11.8. The molecule has 0 spiro atoms. The van der Waals surface area contributed by atoms with Gasteiger partial charge in [-0.25, -0.2) is 13.6 Å². The number of halogens is 1. The van der Waals surface area contributed by atoms with E-state index in [1.165, 1.54) is 4.90 Å². The molecule has 1 aliphatic heterocycles. The van der Waals surface area contributed by atoms with Crippen molar-refractivity contribution in [2.24, 2.45) is 5.14 Å². The number of nitrogens with two attached hydrogens (primary N) is 1. The number of sulfonamides is 1. The summed E-state index contributed by atoms with van der Waals surface area (Å²) in [5.41, 5.74) is 1.69. The quantitative estimate of drug-likeness (QED) is 0.882. The first-order chi connectivity index (χ1) is 8.29. The van der Waals surface area contributed by atoms with Crippen LogP contribution in [0.4, 0.5) is 5.69 Å². The van der Waals surface area contributed by atoms with E-state index < -0.39 is 15.3 Å². The maximum absolute atomic E-state index is 11.8. The van der Waals surface area contributed by atoms with E-state index in [-0.39, 0.29) is 18.9 Å². The molecule has 1 aromatic carbocycles. The Bertz CT molecular complexity index is 600. The molecule has 1 unspecified atom stereocenters. The van der Waals surface area contributed by atoms with E-state index in [0.717, 1.165) is 10.0 Å². The van der Waals surface area contributed by atoms with Crippen molar-refractivity contribution in [3.05, 3.63) is 28.2 Å². The van der Waals surface area contributed by atoms with Gasteiger partial charge in [-0.3, -0.25) is 4.79 Å². The van der Waals surface area contributed by atoms with E-state index >= 15 is 0 Å². The van der Waals surface area contributed by atoms with Crippen molar-refractivity contribution in [1.82, 2.24) is 0 Å². The molecule has 0 saturated carbocycles. The molecule has 1 heterocycles. The second kappa shape index (κ2) is 4.64. The van der Waals surface area contributed by atoms with Crippen LogP contribution in [0.1, 0.15) is 12.0 Å². The van der Waals surface area contributed by atoms with Crippen LogP contribution in [-0.2, 0) is 14.8 Å². The molecule has 2 rings (SSSR count). The third-order valence-electron chi connectivity index (χ3n) is 3.01. The average molecular weight is 333 g/mol. The van der Waals surface area contributed by atoms with Gasteiger partial charge in [0.05, 0.1) is 0 Å². The van der Waals surface area contributed by atoms with Gasteiger partial charge in [-0.15, -0.1) is 0 Å². The monoisotopic (exact) mass is 332 g/mol. The van der Waals surface area contributed by atoms with E-state index in [2.05, 4.69) is 15.9 Å². The predicted molar refractivity (Wildman–Crippen MR) is 72.7 cm³/mol. The molecule has 1 fully saturated rings. The van der Waals surface area contributed by atoms with Gasteiger partial charge in [0.1, 0.15) is 5.25 Å². The minimum atomic E-state index is -3.67. The zero-order valence-electron chi connectivity index (χ0n) is 9.76. The van der Waals surface area contributed by atoms with Gasteiger partial charge >= 0.3 is 0 Å². The van der Waals surface area contributed by atoms with Crippen molar-refractivity contribution in [2.75, 3.05) is 11.4 Å². The van der Waals surface area contributed by atoms with Crippen molar-refractivity contribution in [3.8, 4) is 0 Å². The lowest BCUT2D eigenvalue weighted by molar-refractivity contribution is -0.117. The third-order valence-corrected chi connectivity index (χ3v) is 5.14. The zero-order valence-corrected chi connectivity index (χ0v) is 12.2. The number of hydrogen-bond donors (Lipinski definition) is 1. The van der Waals surface area contributed by atoms with E-state index in [1.807, 2.05) is 19.1 Å². The van der Waals surface area contributed by atoms with Crippen LogP contribution in [0.15, 0.2) is 22.7 Å². The van der Waals surface area contributed by atoms with Gasteiger partial charge in [0.15, 0.2) is 0 Å². The molecule has 1 amide bonds. The minimum Gasteiger partial charge on any atom is -0.311 e. The molecule has 1 aliphatic rings. The number of aryl methyl sites for hydroxylation is 1. The fraction of sp³-hybridized carbons (Fsp3) is 0.364.